The molecule has 1 atom stereocenters. The second kappa shape index (κ2) is 13.6. The van der Waals surface area contributed by atoms with Gasteiger partial charge in [0.2, 0.25) is 0 Å². The average Bonchev–Trinajstić information content (AvgIpc) is 2.95. The van der Waals surface area contributed by atoms with E-state index in [4.69, 9.17) is 0 Å². The van der Waals surface area contributed by atoms with Crippen LogP contribution in [-0.4, -0.2) is 31.0 Å². The van der Waals surface area contributed by atoms with Crippen LogP contribution in [0.2, 0.25) is 0 Å². The van der Waals surface area contributed by atoms with Crippen molar-refractivity contribution in [3.63, 3.8) is 0 Å². The Kier molecular flexibility index (Phi) is 12.7. The first-order chi connectivity index (χ1) is 10.3. The van der Waals surface area contributed by atoms with E-state index in [1.54, 1.807) is 0 Å². The Morgan fingerprint density at radius 2 is 1.95 bits per heavy atom. The molecule has 0 radical (unpaired) electrons. The lowest BCUT2D eigenvalue weighted by Crippen LogP contribution is -2.24. The van der Waals surface area contributed by atoms with Crippen molar-refractivity contribution in [1.29, 1.82) is 0 Å². The van der Waals surface area contributed by atoms with Crippen LogP contribution in [0.25, 0.3) is 0 Å². The van der Waals surface area contributed by atoms with Gasteiger partial charge in [-0.05, 0) is 38.4 Å². The van der Waals surface area contributed by atoms with Crippen LogP contribution in [0.4, 0.5) is 0 Å². The van der Waals surface area contributed by atoms with Crippen LogP contribution in [0, 0.1) is 0 Å². The van der Waals surface area contributed by atoms with Crippen molar-refractivity contribution in [2.24, 2.45) is 0 Å². The zero-order chi connectivity index (χ0) is 15.9. The molecule has 0 aliphatic carbocycles. The van der Waals surface area contributed by atoms with Crippen molar-refractivity contribution in [3.8, 4) is 0 Å². The van der Waals surface area contributed by atoms with Crippen molar-refractivity contribution in [2.75, 3.05) is 13.6 Å². The molecule has 1 aromatic rings. The Hall–Kier alpha value is -1.35. The van der Waals surface area contributed by atoms with E-state index in [0.29, 0.717) is 13.1 Å². The molecule has 0 N–H and O–H groups in total. The smallest absolute Gasteiger partial charge is 0.293 e. The maximum atomic E-state index is 9.76. The Morgan fingerprint density at radius 1 is 1.29 bits per heavy atom. The lowest BCUT2D eigenvalue weighted by molar-refractivity contribution is -0.129. The number of hydrogen-bond donors (Lipinski definition) is 0. The summed E-state index contributed by atoms with van der Waals surface area (Å²) in [6.45, 7) is 8.41. The molecular weight excluding hydrogens is 262 g/mol. The summed E-state index contributed by atoms with van der Waals surface area (Å²) in [5.74, 6) is 0. The fourth-order valence-corrected chi connectivity index (χ4v) is 2.38. The van der Waals surface area contributed by atoms with E-state index in [-0.39, 0.29) is 0 Å². The van der Waals surface area contributed by atoms with E-state index in [1.807, 2.05) is 44.2 Å². The highest BCUT2D eigenvalue weighted by molar-refractivity contribution is 5.37. The van der Waals surface area contributed by atoms with Gasteiger partial charge < -0.3 is 9.64 Å². The normalized spacial score (nSPS) is 17.0. The fraction of sp³-hybridized carbons (Fsp3) is 0.611. The second-order valence-electron chi connectivity index (χ2n) is 4.96. The zero-order valence-corrected chi connectivity index (χ0v) is 14.0. The van der Waals surface area contributed by atoms with E-state index >= 15 is 0 Å². The lowest BCUT2D eigenvalue weighted by Gasteiger charge is -2.17. The summed E-state index contributed by atoms with van der Waals surface area (Å²) in [5.41, 5.74) is 1.01. The predicted octanol–water partition coefficient (Wildman–Crippen LogP) is 4.27. The maximum Gasteiger partial charge on any atom is 0.293 e. The number of benzene rings is 1. The number of likely N-dealkylation sites (tertiary alicyclic amines) is 1. The number of hydrogen-bond acceptors (Lipinski definition) is 3. The van der Waals surface area contributed by atoms with Gasteiger partial charge in [-0.15, -0.1) is 0 Å². The van der Waals surface area contributed by atoms with Crippen molar-refractivity contribution in [1.82, 2.24) is 4.90 Å². The molecule has 1 aliphatic heterocycles. The summed E-state index contributed by atoms with van der Waals surface area (Å²) in [5, 5.41) is 0. The third-order valence-corrected chi connectivity index (χ3v) is 3.45. The van der Waals surface area contributed by atoms with Crippen LogP contribution in [0.3, 0.4) is 0 Å². The van der Waals surface area contributed by atoms with Crippen LogP contribution < -0.4 is 0 Å². The summed E-state index contributed by atoms with van der Waals surface area (Å²) >= 11 is 0. The van der Waals surface area contributed by atoms with Crippen LogP contribution in [0.15, 0.2) is 30.3 Å². The van der Waals surface area contributed by atoms with Gasteiger partial charge in [-0.1, -0.05) is 57.5 Å². The summed E-state index contributed by atoms with van der Waals surface area (Å²) < 4.78 is 4.54. The van der Waals surface area contributed by atoms with Crippen LogP contribution in [0.5, 0.6) is 0 Å². The molecule has 0 saturated carbocycles. The number of carbonyl (C=O) groups is 1. The van der Waals surface area contributed by atoms with Gasteiger partial charge in [0.1, 0.15) is 6.61 Å². The molecule has 120 valence electrons. The summed E-state index contributed by atoms with van der Waals surface area (Å²) in [6.07, 6.45) is 5.59. The summed E-state index contributed by atoms with van der Waals surface area (Å²) in [4.78, 5) is 12.2. The Bertz CT molecular complexity index is 340. The summed E-state index contributed by atoms with van der Waals surface area (Å²) in [7, 11) is 2.24. The van der Waals surface area contributed by atoms with E-state index in [1.165, 1.54) is 32.2 Å². The van der Waals surface area contributed by atoms with Crippen LogP contribution in [0.1, 0.15) is 52.0 Å². The van der Waals surface area contributed by atoms with Crippen molar-refractivity contribution < 1.29 is 9.53 Å². The predicted molar refractivity (Wildman–Crippen MR) is 89.2 cm³/mol. The highest BCUT2D eigenvalue weighted by atomic mass is 16.5. The third kappa shape index (κ3) is 9.24. The molecule has 0 amide bonds. The van der Waals surface area contributed by atoms with E-state index < -0.39 is 0 Å². The van der Waals surface area contributed by atoms with Gasteiger partial charge >= 0.3 is 0 Å². The molecule has 0 spiro atoms. The standard InChI is InChI=1S/C8H17N.C8H8O2.C2H6/c1-3-5-8-6-4-7-9(8)2;9-7-10-6-8-4-2-1-3-5-8;1-2/h8H,3-7H2,1-2H3;1-5,7H,6H2;1-2H3/t8-;;/m1../s1. The van der Waals surface area contributed by atoms with E-state index in [9.17, 15) is 4.79 Å². The SMILES string of the molecule is CC.CCC[C@@H]1CCCN1C.O=COCc1ccccc1. The molecule has 1 fully saturated rings. The third-order valence-electron chi connectivity index (χ3n) is 3.45. The first kappa shape index (κ1) is 19.7. The minimum absolute atomic E-state index is 0.365. The van der Waals surface area contributed by atoms with Gasteiger partial charge in [0.25, 0.3) is 6.47 Å². The molecular formula is C18H31NO2. The number of carbonyl (C=O) groups excluding carboxylic acids is 1. The molecule has 21 heavy (non-hydrogen) atoms. The molecule has 1 saturated heterocycles. The molecule has 3 heteroatoms. The average molecular weight is 293 g/mol. The molecule has 0 aromatic heterocycles. The minimum atomic E-state index is 0.365. The Morgan fingerprint density at radius 3 is 2.43 bits per heavy atom. The van der Waals surface area contributed by atoms with Crippen molar-refractivity contribution in [2.45, 2.75) is 59.1 Å². The number of nitrogens with zero attached hydrogens (tertiary/aromatic N) is 1. The van der Waals surface area contributed by atoms with Crippen molar-refractivity contribution >= 4 is 6.47 Å². The van der Waals surface area contributed by atoms with Gasteiger partial charge in [-0.2, -0.15) is 0 Å². The summed E-state index contributed by atoms with van der Waals surface area (Å²) in [6, 6.07) is 10.5. The molecule has 3 nitrogen and oxygen atoms in total. The van der Waals surface area contributed by atoms with Gasteiger partial charge in [0.15, 0.2) is 0 Å². The monoisotopic (exact) mass is 293 g/mol. The Labute approximate surface area is 130 Å². The van der Waals surface area contributed by atoms with Gasteiger partial charge in [-0.25, -0.2) is 0 Å². The van der Waals surface area contributed by atoms with E-state index in [2.05, 4.69) is 23.6 Å². The zero-order valence-electron chi connectivity index (χ0n) is 14.0. The van der Waals surface area contributed by atoms with Crippen LogP contribution in [-0.2, 0) is 16.1 Å². The van der Waals surface area contributed by atoms with E-state index in [0.717, 1.165) is 11.6 Å². The molecule has 0 bridgehead atoms. The number of rotatable bonds is 5. The van der Waals surface area contributed by atoms with Crippen molar-refractivity contribution in [3.05, 3.63) is 35.9 Å². The lowest BCUT2D eigenvalue weighted by atomic mass is 10.1. The highest BCUT2D eigenvalue weighted by Gasteiger charge is 2.18. The number of ether oxygens (including phenoxy) is 1. The topological polar surface area (TPSA) is 29.5 Å². The largest absolute Gasteiger partial charge is 0.463 e. The maximum absolute atomic E-state index is 9.76. The molecule has 1 aromatic carbocycles. The first-order valence-corrected chi connectivity index (χ1v) is 8.07. The molecule has 1 heterocycles. The van der Waals surface area contributed by atoms with Crippen LogP contribution >= 0.6 is 0 Å². The van der Waals surface area contributed by atoms with Gasteiger partial charge in [-0.3, -0.25) is 4.79 Å². The second-order valence-corrected chi connectivity index (χ2v) is 4.96. The Balaban J connectivity index is 0.000000342. The highest BCUT2D eigenvalue weighted by Crippen LogP contribution is 2.18. The molecule has 2 rings (SSSR count). The first-order valence-electron chi connectivity index (χ1n) is 8.07. The van der Waals surface area contributed by atoms with Gasteiger partial charge in [0.05, 0.1) is 0 Å². The molecule has 0 unspecified atom stereocenters. The fourth-order valence-electron chi connectivity index (χ4n) is 2.38. The molecule has 1 aliphatic rings. The van der Waals surface area contributed by atoms with Gasteiger partial charge in [0, 0.05) is 6.04 Å². The minimum Gasteiger partial charge on any atom is -0.463 e. The quantitative estimate of drug-likeness (QED) is 0.759.